The third-order valence-corrected chi connectivity index (χ3v) is 7.81. The van der Waals surface area contributed by atoms with Gasteiger partial charge in [-0.3, -0.25) is 5.41 Å². The van der Waals surface area contributed by atoms with Gasteiger partial charge in [-0.05, 0) is 70.2 Å². The van der Waals surface area contributed by atoms with E-state index in [2.05, 4.69) is 21.6 Å². The van der Waals surface area contributed by atoms with Gasteiger partial charge in [0.25, 0.3) is 0 Å². The number of nitrogens with one attached hydrogen (secondary N) is 1. The highest BCUT2D eigenvalue weighted by Crippen LogP contribution is 2.63. The normalized spacial score (nSPS) is 19.0. The number of halogens is 6. The highest BCUT2D eigenvalue weighted by Gasteiger charge is 2.52. The van der Waals surface area contributed by atoms with Gasteiger partial charge >= 0.3 is 12.7 Å². The topological polar surface area (TPSA) is 89.9 Å². The summed E-state index contributed by atoms with van der Waals surface area (Å²) in [5.74, 6) is -0.889. The molecule has 0 aromatic heterocycles. The Balaban J connectivity index is 1.60. The fourth-order valence-electron chi connectivity index (χ4n) is 6.27. The molecule has 5 nitrogen and oxygen atoms in total. The van der Waals surface area contributed by atoms with Crippen molar-refractivity contribution >= 4 is 28.0 Å². The molecule has 1 unspecified atom stereocenters. The van der Waals surface area contributed by atoms with Crippen molar-refractivity contribution in [1.29, 1.82) is 15.9 Å². The first kappa shape index (κ1) is 27.9. The van der Waals surface area contributed by atoms with E-state index in [9.17, 15) is 42.3 Å². The number of nitriles is 2. The molecule has 1 atom stereocenters. The van der Waals surface area contributed by atoms with Gasteiger partial charge < -0.3 is 9.47 Å². The van der Waals surface area contributed by atoms with Gasteiger partial charge in [-0.15, -0.1) is 26.3 Å². The van der Waals surface area contributed by atoms with E-state index < -0.39 is 29.6 Å². The Bertz CT molecular complexity index is 1900. The molecular weight excluding hydrogens is 572 g/mol. The van der Waals surface area contributed by atoms with E-state index in [0.29, 0.717) is 67.7 Å². The largest absolute Gasteiger partial charge is 0.573 e. The molecule has 0 heterocycles. The average Bonchev–Trinajstić information content (AvgIpc) is 3.38. The molecule has 1 N–H and O–H groups in total. The molecule has 3 aromatic rings. The van der Waals surface area contributed by atoms with Crippen molar-refractivity contribution in [3.05, 3.63) is 106 Å². The van der Waals surface area contributed by atoms with Crippen LogP contribution in [0.5, 0.6) is 11.5 Å². The van der Waals surface area contributed by atoms with Gasteiger partial charge in [-0.1, -0.05) is 43.3 Å². The minimum atomic E-state index is -4.89. The van der Waals surface area contributed by atoms with E-state index in [1.165, 1.54) is 24.3 Å². The molecule has 214 valence electrons. The third-order valence-electron chi connectivity index (χ3n) is 7.81. The minimum Gasteiger partial charge on any atom is -0.406 e. The Labute approximate surface area is 240 Å². The lowest BCUT2D eigenvalue weighted by molar-refractivity contribution is -0.275. The molecule has 0 spiro atoms. The quantitative estimate of drug-likeness (QED) is 0.310. The van der Waals surface area contributed by atoms with E-state index in [-0.39, 0.29) is 5.71 Å². The molecule has 0 amide bonds. The van der Waals surface area contributed by atoms with Gasteiger partial charge in [0.2, 0.25) is 0 Å². The van der Waals surface area contributed by atoms with Crippen molar-refractivity contribution < 1.29 is 35.8 Å². The van der Waals surface area contributed by atoms with E-state index in [1.807, 2.05) is 6.92 Å². The molecule has 11 heteroatoms. The summed E-state index contributed by atoms with van der Waals surface area (Å²) < 4.78 is 84.9. The Hall–Kier alpha value is -5.29. The maximum absolute atomic E-state index is 12.8. The maximum atomic E-state index is 12.8. The molecule has 0 saturated heterocycles. The lowest BCUT2D eigenvalue weighted by atomic mass is 9.69. The predicted octanol–water partition coefficient (Wildman–Crippen LogP) is 8.34. The number of hydrogen-bond acceptors (Lipinski definition) is 5. The Morgan fingerprint density at radius 2 is 1.28 bits per heavy atom. The van der Waals surface area contributed by atoms with Gasteiger partial charge in [0, 0.05) is 22.1 Å². The summed E-state index contributed by atoms with van der Waals surface area (Å²) in [5, 5.41) is 29.1. The summed E-state index contributed by atoms with van der Waals surface area (Å²) in [7, 11) is 0. The molecule has 6 rings (SSSR count). The number of nitrogens with zero attached hydrogens (tertiary/aromatic N) is 2. The van der Waals surface area contributed by atoms with Crippen LogP contribution >= 0.6 is 0 Å². The first-order valence-corrected chi connectivity index (χ1v) is 12.8. The number of ether oxygens (including phenoxy) is 2. The van der Waals surface area contributed by atoms with Crippen LogP contribution in [0.3, 0.4) is 0 Å². The molecule has 3 aliphatic rings. The van der Waals surface area contributed by atoms with Crippen LogP contribution < -0.4 is 9.47 Å². The van der Waals surface area contributed by atoms with Gasteiger partial charge in [0.1, 0.15) is 11.5 Å². The van der Waals surface area contributed by atoms with Crippen LogP contribution in [0.15, 0.2) is 72.3 Å². The van der Waals surface area contributed by atoms with Gasteiger partial charge in [0.15, 0.2) is 0 Å². The number of allylic oxidation sites excluding steroid dienone is 6. The molecule has 3 aromatic carbocycles. The average molecular weight is 589 g/mol. The number of hydrogen-bond donors (Lipinski definition) is 1. The first-order valence-electron chi connectivity index (χ1n) is 12.8. The highest BCUT2D eigenvalue weighted by molar-refractivity contribution is 6.54. The number of alkyl halides is 6. The maximum Gasteiger partial charge on any atom is 0.573 e. The zero-order chi connectivity index (χ0) is 30.9. The van der Waals surface area contributed by atoms with Crippen LogP contribution in [0.2, 0.25) is 0 Å². The molecule has 0 fully saturated rings. The smallest absolute Gasteiger partial charge is 0.406 e. The van der Waals surface area contributed by atoms with Crippen molar-refractivity contribution in [1.82, 2.24) is 0 Å². The Morgan fingerprint density at radius 3 is 1.77 bits per heavy atom. The van der Waals surface area contributed by atoms with E-state index in [1.54, 1.807) is 18.2 Å². The molecule has 0 saturated carbocycles. The van der Waals surface area contributed by atoms with Crippen LogP contribution in [0.25, 0.3) is 22.3 Å². The SMILES string of the molecule is CC12CC=C(C#N)c3c(C#N)ccc(c31)C1=C(c3ccc(OC(F)(F)F)cc3)C(=N)C(c3ccc(OC(F)(F)F)cc3)=C12. The minimum absolute atomic E-state index is 0.0202. The van der Waals surface area contributed by atoms with Crippen molar-refractivity contribution in [2.45, 2.75) is 31.5 Å². The number of rotatable bonds is 4. The fraction of sp³-hybridized carbons (Fsp3) is 0.156. The fourth-order valence-corrected chi connectivity index (χ4v) is 6.27. The van der Waals surface area contributed by atoms with Gasteiger partial charge in [-0.2, -0.15) is 10.5 Å². The Morgan fingerprint density at radius 1 is 0.744 bits per heavy atom. The van der Waals surface area contributed by atoms with Crippen molar-refractivity contribution in [3.8, 4) is 23.6 Å². The van der Waals surface area contributed by atoms with E-state index in [0.717, 1.165) is 24.3 Å². The summed E-state index contributed by atoms with van der Waals surface area (Å²) in [6.45, 7) is 1.92. The second-order valence-electron chi connectivity index (χ2n) is 10.3. The lowest BCUT2D eigenvalue weighted by Gasteiger charge is -2.33. The Kier molecular flexibility index (Phi) is 6.07. The molecule has 43 heavy (non-hydrogen) atoms. The highest BCUT2D eigenvalue weighted by atomic mass is 19.4. The summed E-state index contributed by atoms with van der Waals surface area (Å²) in [6.07, 6.45) is -7.72. The van der Waals surface area contributed by atoms with Crippen molar-refractivity contribution in [2.24, 2.45) is 0 Å². The second kappa shape index (κ2) is 9.36. The van der Waals surface area contributed by atoms with Crippen LogP contribution in [0.4, 0.5) is 26.3 Å². The molecule has 3 aliphatic carbocycles. The van der Waals surface area contributed by atoms with E-state index >= 15 is 0 Å². The van der Waals surface area contributed by atoms with Crippen molar-refractivity contribution in [2.75, 3.05) is 0 Å². The van der Waals surface area contributed by atoms with E-state index in [4.69, 9.17) is 0 Å². The van der Waals surface area contributed by atoms with Gasteiger partial charge in [0.05, 0.1) is 29.0 Å². The lowest BCUT2D eigenvalue weighted by Crippen LogP contribution is -2.25. The zero-order valence-electron chi connectivity index (χ0n) is 22.0. The van der Waals surface area contributed by atoms with Gasteiger partial charge in [-0.25, -0.2) is 0 Å². The predicted molar refractivity (Wildman–Crippen MR) is 144 cm³/mol. The monoisotopic (exact) mass is 589 g/mol. The summed E-state index contributed by atoms with van der Waals surface area (Å²) in [6, 6.07) is 17.8. The summed E-state index contributed by atoms with van der Waals surface area (Å²) >= 11 is 0. The number of fused-ring (bicyclic) bond motifs is 3. The second-order valence-corrected chi connectivity index (χ2v) is 10.3. The standard InChI is InChI=1S/C32H17F6N3O2/c1-30-13-12-19(15-40)23-18(14-39)6-11-22(27(23)30)26-24(16-2-7-20(8-3-16)42-31(33,34)35)29(41)25(28(26)30)17-4-9-21(10-5-17)43-32(36,37)38/h2-12,41H,13H2,1H3. The number of benzene rings is 3. The van der Waals surface area contributed by atoms with Crippen LogP contribution in [-0.2, 0) is 5.41 Å². The van der Waals surface area contributed by atoms with Crippen molar-refractivity contribution in [3.63, 3.8) is 0 Å². The molecule has 0 radical (unpaired) electrons. The van der Waals surface area contributed by atoms with Crippen LogP contribution in [-0.4, -0.2) is 18.4 Å². The van der Waals surface area contributed by atoms with Crippen LogP contribution in [0.1, 0.15) is 46.7 Å². The first-order chi connectivity index (χ1) is 20.3. The zero-order valence-corrected chi connectivity index (χ0v) is 22.0. The molecular formula is C32H17F6N3O2. The summed E-state index contributed by atoms with van der Waals surface area (Å²) in [4.78, 5) is 0. The summed E-state index contributed by atoms with van der Waals surface area (Å²) in [5.41, 5.74) is 4.56. The third kappa shape index (κ3) is 4.45. The molecule has 0 aliphatic heterocycles. The molecule has 0 bridgehead atoms. The van der Waals surface area contributed by atoms with Crippen LogP contribution in [0, 0.1) is 28.1 Å².